The van der Waals surface area contributed by atoms with Gasteiger partial charge in [-0.15, -0.1) is 0 Å². The standard InChI is InChI=1S/C26H18FN3O3/c27-19-12-10-17(11-13-19)15-29-16-18(21-8-4-5-9-23(21)29)14-22-24(31)28-26(33)30(25(22)32)20-6-2-1-3-7-20/h1-14,16H,15H2,(H,28,31,33)/b22-14+. The lowest BCUT2D eigenvalue weighted by molar-refractivity contribution is -0.122. The summed E-state index contributed by atoms with van der Waals surface area (Å²) in [7, 11) is 0. The van der Waals surface area contributed by atoms with Gasteiger partial charge in [-0.05, 0) is 42.0 Å². The maximum atomic E-state index is 13.3. The van der Waals surface area contributed by atoms with E-state index in [1.165, 1.54) is 18.2 Å². The molecule has 6 nitrogen and oxygen atoms in total. The molecule has 1 aliphatic rings. The van der Waals surface area contributed by atoms with E-state index in [0.717, 1.165) is 21.4 Å². The largest absolute Gasteiger partial charge is 0.342 e. The number of carbonyl (C=O) groups excluding carboxylic acids is 3. The van der Waals surface area contributed by atoms with E-state index in [0.29, 0.717) is 17.8 Å². The van der Waals surface area contributed by atoms with Crippen molar-refractivity contribution in [2.75, 3.05) is 4.90 Å². The van der Waals surface area contributed by atoms with Gasteiger partial charge in [0.15, 0.2) is 0 Å². The fourth-order valence-corrected chi connectivity index (χ4v) is 3.93. The van der Waals surface area contributed by atoms with E-state index < -0.39 is 17.8 Å². The number of hydrogen-bond acceptors (Lipinski definition) is 3. The van der Waals surface area contributed by atoms with Crippen molar-refractivity contribution in [1.82, 2.24) is 9.88 Å². The Bertz CT molecular complexity index is 1420. The van der Waals surface area contributed by atoms with E-state index in [1.807, 2.05) is 35.0 Å². The van der Waals surface area contributed by atoms with Crippen LogP contribution in [0.3, 0.4) is 0 Å². The molecule has 0 radical (unpaired) electrons. The highest BCUT2D eigenvalue weighted by Gasteiger charge is 2.36. The number of fused-ring (bicyclic) bond motifs is 1. The van der Waals surface area contributed by atoms with Crippen LogP contribution < -0.4 is 10.2 Å². The molecule has 7 heteroatoms. The minimum atomic E-state index is -0.785. The highest BCUT2D eigenvalue weighted by molar-refractivity contribution is 6.39. The van der Waals surface area contributed by atoms with E-state index in [4.69, 9.17) is 0 Å². The van der Waals surface area contributed by atoms with Crippen molar-refractivity contribution >= 4 is 40.5 Å². The van der Waals surface area contributed by atoms with Gasteiger partial charge in [-0.2, -0.15) is 0 Å². The maximum absolute atomic E-state index is 13.3. The van der Waals surface area contributed by atoms with Gasteiger partial charge in [0, 0.05) is 29.2 Å². The first-order valence-electron chi connectivity index (χ1n) is 10.3. The molecular weight excluding hydrogens is 421 g/mol. The molecule has 1 fully saturated rings. The summed E-state index contributed by atoms with van der Waals surface area (Å²) < 4.78 is 15.3. The average molecular weight is 439 g/mol. The molecule has 2 heterocycles. The van der Waals surface area contributed by atoms with Gasteiger partial charge in [0.2, 0.25) is 0 Å². The molecule has 0 spiro atoms. The zero-order valence-electron chi connectivity index (χ0n) is 17.4. The molecule has 33 heavy (non-hydrogen) atoms. The second kappa shape index (κ2) is 8.20. The van der Waals surface area contributed by atoms with Crippen LogP contribution in [0.25, 0.3) is 17.0 Å². The van der Waals surface area contributed by atoms with Crippen molar-refractivity contribution in [2.45, 2.75) is 6.54 Å². The first-order valence-corrected chi connectivity index (χ1v) is 10.3. The van der Waals surface area contributed by atoms with Crippen LogP contribution in [-0.4, -0.2) is 22.4 Å². The van der Waals surface area contributed by atoms with Crippen molar-refractivity contribution in [3.63, 3.8) is 0 Å². The molecule has 1 aromatic heterocycles. The molecule has 0 saturated carbocycles. The van der Waals surface area contributed by atoms with Crippen LogP contribution in [0.15, 0.2) is 90.6 Å². The van der Waals surface area contributed by atoms with Crippen molar-refractivity contribution in [3.8, 4) is 0 Å². The second-order valence-electron chi connectivity index (χ2n) is 7.65. The summed E-state index contributed by atoms with van der Waals surface area (Å²) in [6, 6.07) is 21.5. The fraction of sp³-hybridized carbons (Fsp3) is 0.0385. The fourth-order valence-electron chi connectivity index (χ4n) is 3.93. The predicted molar refractivity (Wildman–Crippen MR) is 123 cm³/mol. The normalized spacial score (nSPS) is 15.4. The highest BCUT2D eigenvalue weighted by Crippen LogP contribution is 2.27. The van der Waals surface area contributed by atoms with E-state index in [1.54, 1.807) is 42.5 Å². The molecule has 0 aliphatic carbocycles. The molecule has 0 bridgehead atoms. The molecule has 162 valence electrons. The lowest BCUT2D eigenvalue weighted by atomic mass is 10.1. The van der Waals surface area contributed by atoms with Crippen LogP contribution in [0.2, 0.25) is 0 Å². The first-order chi connectivity index (χ1) is 16.0. The summed E-state index contributed by atoms with van der Waals surface area (Å²) in [5, 5.41) is 3.09. The Morgan fingerprint density at radius 3 is 2.30 bits per heavy atom. The number of nitrogens with one attached hydrogen (secondary N) is 1. The summed E-state index contributed by atoms with van der Waals surface area (Å²) in [5.74, 6) is -1.74. The Morgan fingerprint density at radius 2 is 1.55 bits per heavy atom. The number of aromatic nitrogens is 1. The Balaban J connectivity index is 1.56. The second-order valence-corrected chi connectivity index (χ2v) is 7.65. The zero-order chi connectivity index (χ0) is 22.9. The van der Waals surface area contributed by atoms with Crippen molar-refractivity contribution in [3.05, 3.63) is 108 Å². The molecule has 1 aliphatic heterocycles. The number of urea groups is 1. The number of nitrogens with zero attached hydrogens (tertiary/aromatic N) is 2. The summed E-state index contributed by atoms with van der Waals surface area (Å²) >= 11 is 0. The summed E-state index contributed by atoms with van der Waals surface area (Å²) in [6.07, 6.45) is 3.34. The molecule has 1 saturated heterocycles. The molecule has 4 aromatic rings. The number of barbiturate groups is 1. The van der Waals surface area contributed by atoms with Crippen LogP contribution in [0, 0.1) is 5.82 Å². The monoisotopic (exact) mass is 439 g/mol. The van der Waals surface area contributed by atoms with Crippen molar-refractivity contribution in [1.29, 1.82) is 0 Å². The number of para-hydroxylation sites is 2. The van der Waals surface area contributed by atoms with E-state index in [-0.39, 0.29) is 11.4 Å². The van der Waals surface area contributed by atoms with Crippen LogP contribution in [-0.2, 0) is 16.1 Å². The van der Waals surface area contributed by atoms with Gasteiger partial charge >= 0.3 is 6.03 Å². The zero-order valence-corrected chi connectivity index (χ0v) is 17.4. The number of rotatable bonds is 4. The maximum Gasteiger partial charge on any atom is 0.335 e. The number of hydrogen-bond donors (Lipinski definition) is 1. The third-order valence-corrected chi connectivity index (χ3v) is 5.50. The predicted octanol–water partition coefficient (Wildman–Crippen LogP) is 4.50. The van der Waals surface area contributed by atoms with Crippen molar-refractivity contribution < 1.29 is 18.8 Å². The summed E-state index contributed by atoms with van der Waals surface area (Å²) in [4.78, 5) is 39.0. The Labute approximate surface area is 188 Å². The minimum Gasteiger partial charge on any atom is -0.342 e. The first kappa shape index (κ1) is 20.4. The summed E-state index contributed by atoms with van der Waals surface area (Å²) in [5.41, 5.74) is 2.70. The lowest BCUT2D eigenvalue weighted by Crippen LogP contribution is -2.54. The highest BCUT2D eigenvalue weighted by atomic mass is 19.1. The third-order valence-electron chi connectivity index (χ3n) is 5.50. The Hall–Kier alpha value is -4.52. The van der Waals surface area contributed by atoms with Crippen LogP contribution in [0.5, 0.6) is 0 Å². The number of anilines is 1. The van der Waals surface area contributed by atoms with Gasteiger partial charge in [0.1, 0.15) is 11.4 Å². The smallest absolute Gasteiger partial charge is 0.335 e. The van der Waals surface area contributed by atoms with Gasteiger partial charge in [-0.25, -0.2) is 14.1 Å². The lowest BCUT2D eigenvalue weighted by Gasteiger charge is -2.26. The van der Waals surface area contributed by atoms with Gasteiger partial charge in [-0.3, -0.25) is 14.9 Å². The Morgan fingerprint density at radius 1 is 0.848 bits per heavy atom. The molecule has 0 unspecified atom stereocenters. The van der Waals surface area contributed by atoms with Gasteiger partial charge in [0.25, 0.3) is 11.8 Å². The molecule has 4 amide bonds. The molecule has 5 rings (SSSR count). The molecule has 0 atom stereocenters. The number of carbonyl (C=O) groups is 3. The van der Waals surface area contributed by atoms with Gasteiger partial charge in [0.05, 0.1) is 5.69 Å². The minimum absolute atomic E-state index is 0.136. The summed E-state index contributed by atoms with van der Waals surface area (Å²) in [6.45, 7) is 0.485. The topological polar surface area (TPSA) is 71.4 Å². The Kier molecular flexibility index (Phi) is 5.06. The van der Waals surface area contributed by atoms with Crippen LogP contribution >= 0.6 is 0 Å². The number of amides is 4. The van der Waals surface area contributed by atoms with Crippen LogP contribution in [0.4, 0.5) is 14.9 Å². The van der Waals surface area contributed by atoms with E-state index >= 15 is 0 Å². The van der Waals surface area contributed by atoms with E-state index in [9.17, 15) is 18.8 Å². The molecular formula is C26H18FN3O3. The quantitative estimate of drug-likeness (QED) is 0.376. The third kappa shape index (κ3) is 3.80. The van der Waals surface area contributed by atoms with Gasteiger partial charge in [-0.1, -0.05) is 48.5 Å². The SMILES string of the molecule is O=C1NC(=O)N(c2ccccc2)C(=O)/C1=C/c1cn(Cc2ccc(F)cc2)c2ccccc12. The average Bonchev–Trinajstić information content (AvgIpc) is 3.16. The van der Waals surface area contributed by atoms with E-state index in [2.05, 4.69) is 5.32 Å². The number of benzene rings is 3. The number of imide groups is 2. The molecule has 1 N–H and O–H groups in total. The van der Waals surface area contributed by atoms with Crippen molar-refractivity contribution in [2.24, 2.45) is 0 Å². The van der Waals surface area contributed by atoms with Crippen LogP contribution in [0.1, 0.15) is 11.1 Å². The van der Waals surface area contributed by atoms with Gasteiger partial charge < -0.3 is 4.57 Å². The number of halogens is 1. The molecule has 3 aromatic carbocycles.